The molecule has 4 nitrogen and oxygen atoms in total. The molecule has 1 aliphatic heterocycles. The van der Waals surface area contributed by atoms with Gasteiger partial charge in [-0.05, 0) is 24.5 Å². The first-order chi connectivity index (χ1) is 8.20. The third kappa shape index (κ3) is 2.64. The molecular weight excluding hydrogens is 216 g/mol. The molecule has 0 saturated carbocycles. The molecule has 2 N–H and O–H groups in total. The van der Waals surface area contributed by atoms with Gasteiger partial charge >= 0.3 is 0 Å². The van der Waals surface area contributed by atoms with E-state index < -0.39 is 0 Å². The van der Waals surface area contributed by atoms with Gasteiger partial charge in [-0.25, -0.2) is 0 Å². The summed E-state index contributed by atoms with van der Waals surface area (Å²) in [5.74, 6) is -0.413. The molecule has 2 amide bonds. The average Bonchev–Trinajstić information content (AvgIpc) is 2.33. The van der Waals surface area contributed by atoms with Crippen molar-refractivity contribution in [3.63, 3.8) is 0 Å². The fourth-order valence-electron chi connectivity index (χ4n) is 1.99. The van der Waals surface area contributed by atoms with E-state index in [2.05, 4.69) is 17.6 Å². The lowest BCUT2D eigenvalue weighted by molar-refractivity contribution is -0.133. The third-order valence-corrected chi connectivity index (χ3v) is 2.97. The van der Waals surface area contributed by atoms with Crippen molar-refractivity contribution >= 4 is 17.5 Å². The van der Waals surface area contributed by atoms with Crippen LogP contribution in [0.5, 0.6) is 0 Å². The zero-order chi connectivity index (χ0) is 12.3. The second kappa shape index (κ2) is 4.99. The lowest BCUT2D eigenvalue weighted by atomic mass is 10.0. The topological polar surface area (TPSA) is 58.2 Å². The number of hydrogen-bond donors (Lipinski definition) is 2. The first-order valence-electron chi connectivity index (χ1n) is 5.89. The zero-order valence-corrected chi connectivity index (χ0v) is 9.82. The van der Waals surface area contributed by atoms with Gasteiger partial charge in [0.15, 0.2) is 0 Å². The Hall–Kier alpha value is -1.84. The fraction of sp³-hybridized carbons (Fsp3) is 0.385. The van der Waals surface area contributed by atoms with Gasteiger partial charge in [0, 0.05) is 12.1 Å². The Morgan fingerprint density at radius 2 is 2.12 bits per heavy atom. The number of amides is 2. The summed E-state index contributed by atoms with van der Waals surface area (Å²) in [7, 11) is 0. The summed E-state index contributed by atoms with van der Waals surface area (Å²) in [5, 5.41) is 5.55. The molecule has 2 rings (SSSR count). The van der Waals surface area contributed by atoms with Crippen LogP contribution in [-0.2, 0) is 16.0 Å². The summed E-state index contributed by atoms with van der Waals surface area (Å²) in [5.41, 5.74) is 2.15. The van der Waals surface area contributed by atoms with E-state index in [0.717, 1.165) is 12.1 Å². The minimum absolute atomic E-state index is 0.183. The standard InChI is InChI=1S/C13H16N2O2/c1-2-9-5-3-4-6-10(9)14-11-7-8-12(16)15-13(11)17/h3-6,11,14H,2,7-8H2,1H3,(H,15,16,17)/t11-/m1/s1. The molecule has 0 spiro atoms. The minimum Gasteiger partial charge on any atom is -0.373 e. The first-order valence-corrected chi connectivity index (χ1v) is 5.89. The van der Waals surface area contributed by atoms with E-state index in [1.54, 1.807) is 0 Å². The number of anilines is 1. The van der Waals surface area contributed by atoms with Crippen molar-refractivity contribution < 1.29 is 9.59 Å². The van der Waals surface area contributed by atoms with Gasteiger partial charge in [0.05, 0.1) is 0 Å². The Bertz CT molecular complexity index is 443. The number of hydrogen-bond acceptors (Lipinski definition) is 3. The molecule has 1 aromatic carbocycles. The van der Waals surface area contributed by atoms with Crippen LogP contribution in [0.1, 0.15) is 25.3 Å². The van der Waals surface area contributed by atoms with Crippen LogP contribution in [0.3, 0.4) is 0 Å². The summed E-state index contributed by atoms with van der Waals surface area (Å²) in [6, 6.07) is 7.61. The molecule has 1 saturated heterocycles. The second-order valence-corrected chi connectivity index (χ2v) is 4.16. The van der Waals surface area contributed by atoms with E-state index in [1.165, 1.54) is 5.56 Å². The molecule has 1 aromatic rings. The number of aryl methyl sites for hydroxylation is 1. The quantitative estimate of drug-likeness (QED) is 0.776. The summed E-state index contributed by atoms with van der Waals surface area (Å²) < 4.78 is 0. The van der Waals surface area contributed by atoms with Crippen LogP contribution in [0, 0.1) is 0 Å². The van der Waals surface area contributed by atoms with E-state index in [0.29, 0.717) is 12.8 Å². The monoisotopic (exact) mass is 232 g/mol. The molecule has 90 valence electrons. The van der Waals surface area contributed by atoms with E-state index in [4.69, 9.17) is 0 Å². The largest absolute Gasteiger partial charge is 0.373 e. The molecule has 1 atom stereocenters. The van der Waals surface area contributed by atoms with Crippen LogP contribution in [0.15, 0.2) is 24.3 Å². The number of piperidine rings is 1. The Labute approximate surface area is 100 Å². The van der Waals surface area contributed by atoms with Gasteiger partial charge in [0.1, 0.15) is 6.04 Å². The molecule has 17 heavy (non-hydrogen) atoms. The number of carbonyl (C=O) groups excluding carboxylic acids is 2. The number of nitrogens with one attached hydrogen (secondary N) is 2. The van der Waals surface area contributed by atoms with Crippen LogP contribution < -0.4 is 10.6 Å². The van der Waals surface area contributed by atoms with Crippen molar-refractivity contribution in [1.82, 2.24) is 5.32 Å². The molecule has 0 bridgehead atoms. The summed E-state index contributed by atoms with van der Waals surface area (Å²) in [6.45, 7) is 2.07. The molecule has 0 unspecified atom stereocenters. The van der Waals surface area contributed by atoms with Crippen molar-refractivity contribution in [2.24, 2.45) is 0 Å². The maximum atomic E-state index is 11.6. The summed E-state index contributed by atoms with van der Waals surface area (Å²) in [4.78, 5) is 22.6. The van der Waals surface area contributed by atoms with Gasteiger partial charge < -0.3 is 5.32 Å². The smallest absolute Gasteiger partial charge is 0.249 e. The van der Waals surface area contributed by atoms with Gasteiger partial charge in [-0.1, -0.05) is 25.1 Å². The average molecular weight is 232 g/mol. The highest BCUT2D eigenvalue weighted by Gasteiger charge is 2.26. The van der Waals surface area contributed by atoms with Crippen molar-refractivity contribution in [2.75, 3.05) is 5.32 Å². The van der Waals surface area contributed by atoms with E-state index >= 15 is 0 Å². The highest BCUT2D eigenvalue weighted by molar-refractivity contribution is 6.01. The molecular formula is C13H16N2O2. The predicted molar refractivity (Wildman–Crippen MR) is 65.6 cm³/mol. The van der Waals surface area contributed by atoms with Crippen LogP contribution in [-0.4, -0.2) is 17.9 Å². The molecule has 0 aliphatic carbocycles. The van der Waals surface area contributed by atoms with Crippen LogP contribution >= 0.6 is 0 Å². The molecule has 0 aromatic heterocycles. The van der Waals surface area contributed by atoms with Gasteiger partial charge in [-0.15, -0.1) is 0 Å². The maximum absolute atomic E-state index is 11.6. The minimum atomic E-state index is -0.305. The Balaban J connectivity index is 2.10. The van der Waals surface area contributed by atoms with E-state index in [-0.39, 0.29) is 17.9 Å². The Morgan fingerprint density at radius 1 is 1.35 bits per heavy atom. The molecule has 1 aliphatic rings. The highest BCUT2D eigenvalue weighted by atomic mass is 16.2. The van der Waals surface area contributed by atoms with E-state index in [1.807, 2.05) is 24.3 Å². The Kier molecular flexibility index (Phi) is 3.42. The number of benzene rings is 1. The number of carbonyl (C=O) groups is 2. The number of imide groups is 1. The normalized spacial score (nSPS) is 19.9. The van der Waals surface area contributed by atoms with Crippen molar-refractivity contribution in [1.29, 1.82) is 0 Å². The molecule has 4 heteroatoms. The molecule has 1 heterocycles. The van der Waals surface area contributed by atoms with E-state index in [9.17, 15) is 9.59 Å². The van der Waals surface area contributed by atoms with Crippen LogP contribution in [0.25, 0.3) is 0 Å². The first kappa shape index (κ1) is 11.6. The van der Waals surface area contributed by atoms with Crippen molar-refractivity contribution in [3.8, 4) is 0 Å². The summed E-state index contributed by atoms with van der Waals surface area (Å²) >= 11 is 0. The molecule has 0 radical (unpaired) electrons. The predicted octanol–water partition coefficient (Wildman–Crippen LogP) is 1.47. The molecule has 1 fully saturated rings. The maximum Gasteiger partial charge on any atom is 0.249 e. The van der Waals surface area contributed by atoms with Crippen molar-refractivity contribution in [3.05, 3.63) is 29.8 Å². The Morgan fingerprint density at radius 3 is 2.82 bits per heavy atom. The number of para-hydroxylation sites is 1. The fourth-order valence-corrected chi connectivity index (χ4v) is 1.99. The van der Waals surface area contributed by atoms with Gasteiger partial charge in [-0.2, -0.15) is 0 Å². The summed E-state index contributed by atoms with van der Waals surface area (Å²) in [6.07, 6.45) is 1.87. The van der Waals surface area contributed by atoms with Crippen LogP contribution in [0.4, 0.5) is 5.69 Å². The lowest BCUT2D eigenvalue weighted by Gasteiger charge is -2.23. The van der Waals surface area contributed by atoms with Gasteiger partial charge in [0.25, 0.3) is 0 Å². The third-order valence-electron chi connectivity index (χ3n) is 2.97. The zero-order valence-electron chi connectivity index (χ0n) is 9.82. The SMILES string of the molecule is CCc1ccccc1N[C@@H]1CCC(=O)NC1=O. The highest BCUT2D eigenvalue weighted by Crippen LogP contribution is 2.18. The van der Waals surface area contributed by atoms with Gasteiger partial charge in [0.2, 0.25) is 11.8 Å². The lowest BCUT2D eigenvalue weighted by Crippen LogP contribution is -2.47. The van der Waals surface area contributed by atoms with Gasteiger partial charge in [-0.3, -0.25) is 14.9 Å². The number of rotatable bonds is 3. The second-order valence-electron chi connectivity index (χ2n) is 4.16. The van der Waals surface area contributed by atoms with Crippen LogP contribution in [0.2, 0.25) is 0 Å². The van der Waals surface area contributed by atoms with Crippen molar-refractivity contribution in [2.45, 2.75) is 32.2 Å².